The van der Waals surface area contributed by atoms with E-state index in [0.717, 1.165) is 5.56 Å². The minimum Gasteiger partial charge on any atom is -0.495 e. The highest BCUT2D eigenvalue weighted by molar-refractivity contribution is 6.32. The van der Waals surface area contributed by atoms with Gasteiger partial charge in [-0.1, -0.05) is 17.7 Å². The molecule has 2 heterocycles. The summed E-state index contributed by atoms with van der Waals surface area (Å²) in [6.45, 7) is 1.87. The molecule has 9 nitrogen and oxygen atoms in total. The number of anilines is 1. The molecular weight excluding hydrogens is 460 g/mol. The Bertz CT molecular complexity index is 1390. The quantitative estimate of drug-likeness (QED) is 0.508. The first-order valence-electron chi connectivity index (χ1n) is 10.1. The van der Waals surface area contributed by atoms with Crippen LogP contribution < -0.4 is 9.64 Å². The highest BCUT2D eigenvalue weighted by Gasteiger charge is 2.28. The average molecular weight is 481 g/mol. The Morgan fingerprint density at radius 1 is 0.941 bits per heavy atom. The van der Waals surface area contributed by atoms with Crippen molar-refractivity contribution >= 4 is 40.3 Å². The van der Waals surface area contributed by atoms with E-state index in [4.69, 9.17) is 25.8 Å². The molecule has 0 aliphatic carbocycles. The van der Waals surface area contributed by atoms with E-state index in [0.29, 0.717) is 33.2 Å². The van der Waals surface area contributed by atoms with Crippen LogP contribution in [-0.4, -0.2) is 48.3 Å². The number of carbonyl (C=O) groups excluding carboxylic acids is 2. The molecule has 0 spiro atoms. The van der Waals surface area contributed by atoms with E-state index in [9.17, 15) is 9.59 Å². The molecule has 3 aromatic rings. The van der Waals surface area contributed by atoms with Crippen LogP contribution >= 0.6 is 11.6 Å². The smallest absolute Gasteiger partial charge is 0.355 e. The van der Waals surface area contributed by atoms with Gasteiger partial charge in [0.1, 0.15) is 22.5 Å². The molecule has 0 saturated carbocycles. The average Bonchev–Trinajstić information content (AvgIpc) is 3.12. The number of carbonyl (C=O) groups is 2. The number of rotatable bonds is 5. The Morgan fingerprint density at radius 3 is 2.29 bits per heavy atom. The first-order chi connectivity index (χ1) is 16.4. The van der Waals surface area contributed by atoms with E-state index < -0.39 is 11.9 Å². The van der Waals surface area contributed by atoms with Gasteiger partial charge in [0.25, 0.3) is 0 Å². The van der Waals surface area contributed by atoms with Gasteiger partial charge in [-0.15, -0.1) is 10.2 Å². The van der Waals surface area contributed by atoms with Crippen molar-refractivity contribution in [3.05, 3.63) is 76.6 Å². The van der Waals surface area contributed by atoms with E-state index in [1.807, 2.05) is 13.0 Å². The van der Waals surface area contributed by atoms with Crippen LogP contribution in [0, 0.1) is 6.92 Å². The Hall–Kier alpha value is -4.11. The van der Waals surface area contributed by atoms with Crippen molar-refractivity contribution in [3.8, 4) is 11.4 Å². The number of methoxy groups -OCH3 is 3. The van der Waals surface area contributed by atoms with E-state index in [-0.39, 0.29) is 11.3 Å². The molecule has 0 N–H and O–H groups in total. The van der Waals surface area contributed by atoms with Crippen molar-refractivity contribution in [1.82, 2.24) is 15.0 Å². The van der Waals surface area contributed by atoms with E-state index in [1.54, 1.807) is 54.6 Å². The topological polar surface area (TPSA) is 95.8 Å². The summed E-state index contributed by atoms with van der Waals surface area (Å²) in [6, 6.07) is 8.86. The van der Waals surface area contributed by atoms with Gasteiger partial charge in [-0.05, 0) is 55.0 Å². The lowest BCUT2D eigenvalue weighted by atomic mass is 10.1. The van der Waals surface area contributed by atoms with Crippen LogP contribution in [0.3, 0.4) is 0 Å². The Balaban J connectivity index is 1.85. The standard InChI is InChI=1S/C24H21ClN4O5/c1-14-11-18-19(27-29(26-18)15-8-9-21(32-2)17(25)12-15)13-20(14)28-10-6-5-7-16(23(30)33-3)22(28)24(31)34-4/h5-13H,1-4H3. The molecule has 1 aliphatic heterocycles. The van der Waals surface area contributed by atoms with Crippen LogP contribution in [0.5, 0.6) is 5.75 Å². The largest absolute Gasteiger partial charge is 0.495 e. The molecular formula is C24H21ClN4O5. The summed E-state index contributed by atoms with van der Waals surface area (Å²) >= 11 is 6.26. The van der Waals surface area contributed by atoms with Crippen LogP contribution in [0.25, 0.3) is 16.7 Å². The Kier molecular flexibility index (Phi) is 6.38. The Labute approximate surface area is 200 Å². The number of allylic oxidation sites excluding steroid dienone is 2. The number of ether oxygens (including phenoxy) is 3. The maximum Gasteiger partial charge on any atom is 0.355 e. The van der Waals surface area contributed by atoms with Crippen LogP contribution in [0.4, 0.5) is 5.69 Å². The fourth-order valence-electron chi connectivity index (χ4n) is 3.56. The minimum absolute atomic E-state index is 0.0242. The number of hydrogen-bond donors (Lipinski definition) is 0. The van der Waals surface area contributed by atoms with Gasteiger partial charge in [-0.2, -0.15) is 4.80 Å². The number of fused-ring (bicyclic) bond motifs is 1. The van der Waals surface area contributed by atoms with Gasteiger partial charge in [0, 0.05) is 6.20 Å². The lowest BCUT2D eigenvalue weighted by Crippen LogP contribution is -2.27. The van der Waals surface area contributed by atoms with Crippen molar-refractivity contribution in [2.75, 3.05) is 26.2 Å². The number of aromatic nitrogens is 3. The highest BCUT2D eigenvalue weighted by Crippen LogP contribution is 2.32. The molecule has 2 aromatic carbocycles. The van der Waals surface area contributed by atoms with Gasteiger partial charge in [0.2, 0.25) is 0 Å². The van der Waals surface area contributed by atoms with Gasteiger partial charge < -0.3 is 19.1 Å². The summed E-state index contributed by atoms with van der Waals surface area (Å²) in [5.41, 5.74) is 3.37. The third-order valence-corrected chi connectivity index (χ3v) is 5.51. The number of benzene rings is 2. The maximum atomic E-state index is 12.7. The zero-order valence-electron chi connectivity index (χ0n) is 18.9. The molecule has 0 unspecified atom stereocenters. The molecule has 0 fully saturated rings. The molecule has 174 valence electrons. The first-order valence-corrected chi connectivity index (χ1v) is 10.5. The van der Waals surface area contributed by atoms with Crippen LogP contribution in [0.1, 0.15) is 5.56 Å². The SMILES string of the molecule is COC(=O)C1=C(C(=O)OC)N(c2cc3nn(-c4ccc(OC)c(Cl)c4)nc3cc2C)C=CC=C1. The molecule has 0 saturated heterocycles. The summed E-state index contributed by atoms with van der Waals surface area (Å²) in [4.78, 5) is 28.2. The summed E-state index contributed by atoms with van der Waals surface area (Å²) in [5.74, 6) is -0.801. The fourth-order valence-corrected chi connectivity index (χ4v) is 3.81. The number of aryl methyl sites for hydroxylation is 1. The predicted octanol–water partition coefficient (Wildman–Crippen LogP) is 3.88. The molecule has 1 aromatic heterocycles. The molecule has 10 heteroatoms. The van der Waals surface area contributed by atoms with Crippen molar-refractivity contribution in [3.63, 3.8) is 0 Å². The maximum absolute atomic E-state index is 12.7. The molecule has 0 atom stereocenters. The second-order valence-corrected chi connectivity index (χ2v) is 7.66. The summed E-state index contributed by atoms with van der Waals surface area (Å²) in [7, 11) is 4.05. The predicted molar refractivity (Wildman–Crippen MR) is 127 cm³/mol. The zero-order valence-corrected chi connectivity index (χ0v) is 19.7. The van der Waals surface area contributed by atoms with Crippen LogP contribution in [0.15, 0.2) is 66.0 Å². The molecule has 0 bridgehead atoms. The molecule has 34 heavy (non-hydrogen) atoms. The number of esters is 2. The van der Waals surface area contributed by atoms with Gasteiger partial charge in [0.15, 0.2) is 0 Å². The van der Waals surface area contributed by atoms with Gasteiger partial charge >= 0.3 is 11.9 Å². The summed E-state index contributed by atoms with van der Waals surface area (Å²) in [6.07, 6.45) is 6.53. The van der Waals surface area contributed by atoms with E-state index in [1.165, 1.54) is 25.1 Å². The van der Waals surface area contributed by atoms with Crippen molar-refractivity contribution in [2.24, 2.45) is 0 Å². The van der Waals surface area contributed by atoms with Gasteiger partial charge in [0.05, 0.1) is 43.3 Å². The minimum atomic E-state index is -0.687. The zero-order chi connectivity index (χ0) is 24.4. The number of halogens is 1. The molecule has 4 rings (SSSR count). The second kappa shape index (κ2) is 9.40. The second-order valence-electron chi connectivity index (χ2n) is 7.25. The third kappa shape index (κ3) is 4.13. The highest BCUT2D eigenvalue weighted by atomic mass is 35.5. The molecule has 0 amide bonds. The van der Waals surface area contributed by atoms with Crippen molar-refractivity contribution in [1.29, 1.82) is 0 Å². The normalized spacial score (nSPS) is 13.3. The fraction of sp³-hybridized carbons (Fsp3) is 0.167. The lowest BCUT2D eigenvalue weighted by Gasteiger charge is -2.24. The van der Waals surface area contributed by atoms with Crippen LogP contribution in [-0.2, 0) is 19.1 Å². The monoisotopic (exact) mass is 480 g/mol. The number of hydrogen-bond acceptors (Lipinski definition) is 8. The van der Waals surface area contributed by atoms with Crippen molar-refractivity contribution in [2.45, 2.75) is 6.92 Å². The lowest BCUT2D eigenvalue weighted by molar-refractivity contribution is -0.139. The molecule has 1 aliphatic rings. The summed E-state index contributed by atoms with van der Waals surface area (Å²) < 4.78 is 15.1. The third-order valence-electron chi connectivity index (χ3n) is 5.21. The van der Waals surface area contributed by atoms with Crippen LogP contribution in [0.2, 0.25) is 5.02 Å². The summed E-state index contributed by atoms with van der Waals surface area (Å²) in [5, 5.41) is 9.56. The molecule has 0 radical (unpaired) electrons. The number of nitrogens with zero attached hydrogens (tertiary/aromatic N) is 4. The van der Waals surface area contributed by atoms with Gasteiger partial charge in [-0.25, -0.2) is 9.59 Å². The first kappa shape index (κ1) is 23.1. The Morgan fingerprint density at radius 2 is 1.65 bits per heavy atom. The van der Waals surface area contributed by atoms with Gasteiger partial charge in [-0.3, -0.25) is 0 Å². The van der Waals surface area contributed by atoms with E-state index >= 15 is 0 Å². The van der Waals surface area contributed by atoms with E-state index in [2.05, 4.69) is 10.2 Å². The van der Waals surface area contributed by atoms with Crippen molar-refractivity contribution < 1.29 is 23.8 Å².